The maximum Gasteiger partial charge on any atom is 0.335 e. The Morgan fingerprint density at radius 2 is 1.07 bits per heavy atom. The zero-order valence-electron chi connectivity index (χ0n) is 14.7. The van der Waals surface area contributed by atoms with Crippen molar-refractivity contribution in [3.8, 4) is 0 Å². The third-order valence-corrected chi connectivity index (χ3v) is 3.82. The lowest BCUT2D eigenvalue weighted by molar-refractivity contribution is 0.0686. The van der Waals surface area contributed by atoms with Crippen LogP contribution in [0.4, 0.5) is 11.4 Å². The lowest BCUT2D eigenvalue weighted by atomic mass is 10.1. The predicted octanol–water partition coefficient (Wildman–Crippen LogP) is 4.58. The fourth-order valence-electron chi connectivity index (χ4n) is 2.46. The molecule has 0 amide bonds. The number of rotatable bonds is 6. The zero-order valence-corrected chi connectivity index (χ0v) is 14.7. The summed E-state index contributed by atoms with van der Waals surface area (Å²) in [7, 11) is 0. The molecule has 3 aromatic rings. The van der Waals surface area contributed by atoms with Crippen LogP contribution in [0.2, 0.25) is 0 Å². The van der Waals surface area contributed by atoms with Crippen LogP contribution in [0.1, 0.15) is 31.8 Å². The first-order chi connectivity index (χ1) is 13.5. The predicted molar refractivity (Wildman–Crippen MR) is 108 cm³/mol. The summed E-state index contributed by atoms with van der Waals surface area (Å²) >= 11 is 0. The second-order valence-electron chi connectivity index (χ2n) is 5.90. The van der Waals surface area contributed by atoms with E-state index in [1.807, 2.05) is 24.3 Å². The molecule has 2 N–H and O–H groups in total. The van der Waals surface area contributed by atoms with Crippen molar-refractivity contribution in [3.05, 3.63) is 95.1 Å². The summed E-state index contributed by atoms with van der Waals surface area (Å²) in [6.45, 7) is 0. The van der Waals surface area contributed by atoms with E-state index in [1.54, 1.807) is 36.7 Å². The van der Waals surface area contributed by atoms with Crippen molar-refractivity contribution in [2.75, 3.05) is 0 Å². The van der Waals surface area contributed by atoms with Crippen LogP contribution < -0.4 is 0 Å². The minimum absolute atomic E-state index is 0.180. The Balaban J connectivity index is 1.77. The van der Waals surface area contributed by atoms with E-state index in [9.17, 15) is 9.59 Å². The molecular weight excluding hydrogens is 356 g/mol. The SMILES string of the molecule is O=C(O)c1cccc(N=Cc2cccc(C=Nc3cccc(C(=O)O)c3)c2)c1. The molecule has 6 heteroatoms. The summed E-state index contributed by atoms with van der Waals surface area (Å²) in [5.74, 6) is -2.00. The Labute approximate surface area is 161 Å². The number of carbonyl (C=O) groups is 2. The Bertz CT molecular complexity index is 1000. The standard InChI is InChI=1S/C22H16N2O4/c25-21(26)17-6-2-8-19(11-17)23-13-15-4-1-5-16(10-15)14-24-20-9-3-7-18(12-20)22(27)28/h1-14H,(H,25,26)(H,27,28). The molecule has 138 valence electrons. The second kappa shape index (κ2) is 8.55. The summed E-state index contributed by atoms with van der Waals surface area (Å²) in [5.41, 5.74) is 3.10. The first-order valence-corrected chi connectivity index (χ1v) is 8.36. The van der Waals surface area contributed by atoms with E-state index in [2.05, 4.69) is 9.98 Å². The molecular formula is C22H16N2O4. The molecule has 0 aliphatic carbocycles. The lowest BCUT2D eigenvalue weighted by Crippen LogP contribution is -1.94. The molecule has 0 spiro atoms. The van der Waals surface area contributed by atoms with E-state index in [1.165, 1.54) is 24.3 Å². The van der Waals surface area contributed by atoms with Crippen LogP contribution in [-0.4, -0.2) is 34.6 Å². The number of nitrogens with zero attached hydrogens (tertiary/aromatic N) is 2. The highest BCUT2D eigenvalue weighted by atomic mass is 16.4. The van der Waals surface area contributed by atoms with Gasteiger partial charge in [0.15, 0.2) is 0 Å². The maximum absolute atomic E-state index is 11.0. The fraction of sp³-hybridized carbons (Fsp3) is 0. The van der Waals surface area contributed by atoms with Gasteiger partial charge in [-0.2, -0.15) is 0 Å². The van der Waals surface area contributed by atoms with Crippen LogP contribution in [0.25, 0.3) is 0 Å². The number of carboxylic acid groups (broad SMARTS) is 2. The molecule has 0 bridgehead atoms. The van der Waals surface area contributed by atoms with Crippen LogP contribution in [0.3, 0.4) is 0 Å². The van der Waals surface area contributed by atoms with Crippen LogP contribution in [-0.2, 0) is 0 Å². The fourth-order valence-corrected chi connectivity index (χ4v) is 2.46. The van der Waals surface area contributed by atoms with Gasteiger partial charge in [0.1, 0.15) is 0 Å². The minimum atomic E-state index is -0.998. The number of carboxylic acids is 2. The number of aliphatic imine (C=N–C) groups is 2. The highest BCUT2D eigenvalue weighted by molar-refractivity contribution is 5.91. The molecule has 28 heavy (non-hydrogen) atoms. The zero-order chi connectivity index (χ0) is 19.9. The monoisotopic (exact) mass is 372 g/mol. The molecule has 6 nitrogen and oxygen atoms in total. The Kier molecular flexibility index (Phi) is 5.72. The molecule has 0 saturated carbocycles. The molecule has 0 saturated heterocycles. The Morgan fingerprint density at radius 1 is 0.643 bits per heavy atom. The Hall–Kier alpha value is -4.06. The molecule has 3 rings (SSSR count). The van der Waals surface area contributed by atoms with Gasteiger partial charge >= 0.3 is 11.9 Å². The van der Waals surface area contributed by atoms with Gasteiger partial charge in [0, 0.05) is 12.4 Å². The van der Waals surface area contributed by atoms with Crippen molar-refractivity contribution >= 4 is 35.7 Å². The lowest BCUT2D eigenvalue weighted by Gasteiger charge is -1.99. The molecule has 0 fully saturated rings. The van der Waals surface area contributed by atoms with Gasteiger partial charge in [0.2, 0.25) is 0 Å². The van der Waals surface area contributed by atoms with Crippen LogP contribution in [0, 0.1) is 0 Å². The number of aromatic carboxylic acids is 2. The van der Waals surface area contributed by atoms with Crippen molar-refractivity contribution in [1.82, 2.24) is 0 Å². The van der Waals surface area contributed by atoms with Gasteiger partial charge in [-0.15, -0.1) is 0 Å². The second-order valence-corrected chi connectivity index (χ2v) is 5.90. The van der Waals surface area contributed by atoms with Crippen molar-refractivity contribution in [2.45, 2.75) is 0 Å². The summed E-state index contributed by atoms with van der Waals surface area (Å²) in [4.78, 5) is 30.7. The van der Waals surface area contributed by atoms with E-state index in [0.717, 1.165) is 11.1 Å². The maximum atomic E-state index is 11.0. The minimum Gasteiger partial charge on any atom is -0.478 e. The normalized spacial score (nSPS) is 11.1. The van der Waals surface area contributed by atoms with Crippen molar-refractivity contribution < 1.29 is 19.8 Å². The molecule has 0 unspecified atom stereocenters. The largest absolute Gasteiger partial charge is 0.478 e. The van der Waals surface area contributed by atoms with Crippen LogP contribution in [0.15, 0.2) is 82.8 Å². The van der Waals surface area contributed by atoms with Gasteiger partial charge in [0.25, 0.3) is 0 Å². The van der Waals surface area contributed by atoms with E-state index in [-0.39, 0.29) is 11.1 Å². The van der Waals surface area contributed by atoms with Gasteiger partial charge in [-0.05, 0) is 53.6 Å². The summed E-state index contributed by atoms with van der Waals surface area (Å²) in [5, 5.41) is 18.1. The van der Waals surface area contributed by atoms with Crippen molar-refractivity contribution in [2.24, 2.45) is 9.98 Å². The quantitative estimate of drug-likeness (QED) is 0.618. The third kappa shape index (κ3) is 4.98. The third-order valence-electron chi connectivity index (χ3n) is 3.82. The van der Waals surface area contributed by atoms with Gasteiger partial charge in [-0.25, -0.2) is 9.59 Å². The van der Waals surface area contributed by atoms with Crippen molar-refractivity contribution in [3.63, 3.8) is 0 Å². The molecule has 0 aromatic heterocycles. The summed E-state index contributed by atoms with van der Waals surface area (Å²) in [6, 6.07) is 20.2. The van der Waals surface area contributed by atoms with Gasteiger partial charge in [-0.1, -0.05) is 30.3 Å². The van der Waals surface area contributed by atoms with E-state index >= 15 is 0 Å². The highest BCUT2D eigenvalue weighted by Crippen LogP contribution is 2.16. The van der Waals surface area contributed by atoms with Crippen LogP contribution in [0.5, 0.6) is 0 Å². The number of benzene rings is 3. The summed E-state index contributed by atoms with van der Waals surface area (Å²) < 4.78 is 0. The topological polar surface area (TPSA) is 99.3 Å². The summed E-state index contributed by atoms with van der Waals surface area (Å²) in [6.07, 6.45) is 3.28. The average molecular weight is 372 g/mol. The van der Waals surface area contributed by atoms with E-state index < -0.39 is 11.9 Å². The first kappa shape index (κ1) is 18.7. The first-order valence-electron chi connectivity index (χ1n) is 8.36. The molecule has 0 aliphatic heterocycles. The van der Waals surface area contributed by atoms with E-state index in [4.69, 9.17) is 10.2 Å². The molecule has 0 radical (unpaired) electrons. The Morgan fingerprint density at radius 3 is 1.50 bits per heavy atom. The van der Waals surface area contributed by atoms with E-state index in [0.29, 0.717) is 11.4 Å². The van der Waals surface area contributed by atoms with Gasteiger partial charge < -0.3 is 10.2 Å². The average Bonchev–Trinajstić information content (AvgIpc) is 2.71. The molecule has 0 atom stereocenters. The van der Waals surface area contributed by atoms with Crippen molar-refractivity contribution in [1.29, 1.82) is 0 Å². The molecule has 0 heterocycles. The number of hydrogen-bond donors (Lipinski definition) is 2. The molecule has 0 aliphatic rings. The van der Waals surface area contributed by atoms with Gasteiger partial charge in [-0.3, -0.25) is 9.98 Å². The smallest absolute Gasteiger partial charge is 0.335 e. The highest BCUT2D eigenvalue weighted by Gasteiger charge is 2.03. The molecule has 3 aromatic carbocycles. The number of hydrogen-bond acceptors (Lipinski definition) is 4. The van der Waals surface area contributed by atoms with Gasteiger partial charge in [0.05, 0.1) is 22.5 Å². The van der Waals surface area contributed by atoms with Crippen LogP contribution >= 0.6 is 0 Å².